The molecular formula is C12H11N5O2. The summed E-state index contributed by atoms with van der Waals surface area (Å²) in [5, 5.41) is 13.8. The predicted octanol–water partition coefficient (Wildman–Crippen LogP) is 0.956. The van der Waals surface area contributed by atoms with Crippen LogP contribution in [0.3, 0.4) is 0 Å². The maximum Gasteiger partial charge on any atom is 0.253 e. The van der Waals surface area contributed by atoms with Crippen molar-refractivity contribution in [3.05, 3.63) is 47.5 Å². The third kappa shape index (κ3) is 2.30. The molecule has 1 N–H and O–H groups in total. The number of furan rings is 1. The van der Waals surface area contributed by atoms with Crippen molar-refractivity contribution in [3.63, 3.8) is 0 Å². The number of pyridine rings is 1. The number of nitrogens with zero attached hydrogens (tertiary/aromatic N) is 4. The van der Waals surface area contributed by atoms with E-state index in [4.69, 9.17) is 4.42 Å². The average Bonchev–Trinajstić information content (AvgIpc) is 3.03. The van der Waals surface area contributed by atoms with Gasteiger partial charge in [-0.3, -0.25) is 4.79 Å². The number of carbonyl (C=O) groups is 1. The van der Waals surface area contributed by atoms with E-state index in [-0.39, 0.29) is 5.91 Å². The van der Waals surface area contributed by atoms with Crippen molar-refractivity contribution in [2.75, 3.05) is 0 Å². The first-order chi connectivity index (χ1) is 9.22. The standard InChI is InChI=1S/C12H11N5O2/c1-8-2-4-10(19-8)6-13-12(18)9-3-5-11-14-15-16-17(11)7-9/h2-5,7H,6H2,1H3,(H,13,18). The molecule has 0 spiro atoms. The van der Waals surface area contributed by atoms with Crippen LogP contribution in [-0.2, 0) is 6.54 Å². The highest BCUT2D eigenvalue weighted by molar-refractivity contribution is 5.94. The molecule has 0 fully saturated rings. The van der Waals surface area contributed by atoms with Crippen molar-refractivity contribution < 1.29 is 9.21 Å². The quantitative estimate of drug-likeness (QED) is 0.755. The molecule has 0 saturated heterocycles. The Balaban J connectivity index is 1.72. The molecule has 0 atom stereocenters. The molecule has 7 heteroatoms. The molecule has 3 aromatic heterocycles. The minimum Gasteiger partial charge on any atom is -0.465 e. The third-order valence-corrected chi connectivity index (χ3v) is 2.67. The fourth-order valence-corrected chi connectivity index (χ4v) is 1.73. The van der Waals surface area contributed by atoms with E-state index in [1.807, 2.05) is 19.1 Å². The van der Waals surface area contributed by atoms with Crippen LogP contribution in [0.4, 0.5) is 0 Å². The van der Waals surface area contributed by atoms with Crippen LogP contribution in [0.2, 0.25) is 0 Å². The Kier molecular flexibility index (Phi) is 2.71. The molecule has 0 radical (unpaired) electrons. The zero-order chi connectivity index (χ0) is 13.2. The molecular weight excluding hydrogens is 246 g/mol. The number of hydrogen-bond acceptors (Lipinski definition) is 5. The van der Waals surface area contributed by atoms with Gasteiger partial charge < -0.3 is 9.73 Å². The molecule has 0 saturated carbocycles. The van der Waals surface area contributed by atoms with Gasteiger partial charge in [-0.1, -0.05) is 0 Å². The van der Waals surface area contributed by atoms with Gasteiger partial charge in [-0.15, -0.1) is 5.10 Å². The molecule has 0 aliphatic rings. The Morgan fingerprint density at radius 2 is 2.26 bits per heavy atom. The number of aromatic nitrogens is 4. The number of aryl methyl sites for hydroxylation is 1. The Bertz CT molecular complexity index is 730. The second-order valence-electron chi connectivity index (χ2n) is 4.09. The highest BCUT2D eigenvalue weighted by Gasteiger charge is 2.08. The normalized spacial score (nSPS) is 10.8. The molecule has 3 heterocycles. The van der Waals surface area contributed by atoms with Gasteiger partial charge in [0.05, 0.1) is 12.1 Å². The molecule has 7 nitrogen and oxygen atoms in total. The Morgan fingerprint density at radius 3 is 3.05 bits per heavy atom. The summed E-state index contributed by atoms with van der Waals surface area (Å²) in [6, 6.07) is 7.05. The number of hydrogen-bond donors (Lipinski definition) is 1. The molecule has 19 heavy (non-hydrogen) atoms. The van der Waals surface area contributed by atoms with Crippen molar-refractivity contribution >= 4 is 11.6 Å². The van der Waals surface area contributed by atoms with Crippen LogP contribution in [0.15, 0.2) is 34.9 Å². The summed E-state index contributed by atoms with van der Waals surface area (Å²) in [7, 11) is 0. The lowest BCUT2D eigenvalue weighted by Gasteiger charge is -2.03. The SMILES string of the molecule is Cc1ccc(CNC(=O)c2ccc3nnnn3c2)o1. The van der Waals surface area contributed by atoms with Gasteiger partial charge in [-0.25, -0.2) is 0 Å². The largest absolute Gasteiger partial charge is 0.465 e. The summed E-state index contributed by atoms with van der Waals surface area (Å²) in [4.78, 5) is 12.0. The zero-order valence-electron chi connectivity index (χ0n) is 10.2. The van der Waals surface area contributed by atoms with Crippen molar-refractivity contribution in [2.24, 2.45) is 0 Å². The van der Waals surface area contributed by atoms with Crippen molar-refractivity contribution in [2.45, 2.75) is 13.5 Å². The minimum absolute atomic E-state index is 0.202. The molecule has 0 aliphatic heterocycles. The number of carbonyl (C=O) groups excluding carboxylic acids is 1. The van der Waals surface area contributed by atoms with Crippen LogP contribution in [0.5, 0.6) is 0 Å². The minimum atomic E-state index is -0.202. The molecule has 3 rings (SSSR count). The summed E-state index contributed by atoms with van der Waals surface area (Å²) in [6.45, 7) is 2.21. The van der Waals surface area contributed by atoms with Crippen LogP contribution in [0, 0.1) is 6.92 Å². The fourth-order valence-electron chi connectivity index (χ4n) is 1.73. The first-order valence-electron chi connectivity index (χ1n) is 5.73. The summed E-state index contributed by atoms with van der Waals surface area (Å²) in [5.74, 6) is 1.33. The van der Waals surface area contributed by atoms with E-state index in [9.17, 15) is 4.79 Å². The third-order valence-electron chi connectivity index (χ3n) is 2.67. The number of amides is 1. The Hall–Kier alpha value is -2.70. The van der Waals surface area contributed by atoms with Crippen LogP contribution < -0.4 is 5.32 Å². The maximum absolute atomic E-state index is 12.0. The number of tetrazole rings is 1. The van der Waals surface area contributed by atoms with Gasteiger partial charge >= 0.3 is 0 Å². The van der Waals surface area contributed by atoms with E-state index in [0.29, 0.717) is 23.5 Å². The predicted molar refractivity (Wildman–Crippen MR) is 65.4 cm³/mol. The highest BCUT2D eigenvalue weighted by atomic mass is 16.3. The van der Waals surface area contributed by atoms with Crippen LogP contribution >= 0.6 is 0 Å². The van der Waals surface area contributed by atoms with E-state index in [0.717, 1.165) is 5.76 Å². The summed E-state index contributed by atoms with van der Waals surface area (Å²) in [6.07, 6.45) is 1.58. The monoisotopic (exact) mass is 257 g/mol. The molecule has 0 bridgehead atoms. The molecule has 0 aromatic carbocycles. The fraction of sp³-hybridized carbons (Fsp3) is 0.167. The Labute approximate surface area is 108 Å². The van der Waals surface area contributed by atoms with Crippen LogP contribution in [-0.4, -0.2) is 25.9 Å². The lowest BCUT2D eigenvalue weighted by atomic mass is 10.2. The zero-order valence-corrected chi connectivity index (χ0v) is 10.2. The van der Waals surface area contributed by atoms with E-state index in [1.54, 1.807) is 18.3 Å². The van der Waals surface area contributed by atoms with E-state index in [2.05, 4.69) is 20.8 Å². The topological polar surface area (TPSA) is 85.3 Å². The number of fused-ring (bicyclic) bond motifs is 1. The van der Waals surface area contributed by atoms with E-state index < -0.39 is 0 Å². The van der Waals surface area contributed by atoms with E-state index >= 15 is 0 Å². The molecule has 96 valence electrons. The van der Waals surface area contributed by atoms with Gasteiger partial charge in [-0.2, -0.15) is 4.52 Å². The summed E-state index contributed by atoms with van der Waals surface area (Å²) >= 11 is 0. The smallest absolute Gasteiger partial charge is 0.253 e. The second kappa shape index (κ2) is 4.52. The summed E-state index contributed by atoms with van der Waals surface area (Å²) in [5.41, 5.74) is 1.08. The van der Waals surface area contributed by atoms with Crippen LogP contribution in [0.1, 0.15) is 21.9 Å². The van der Waals surface area contributed by atoms with Crippen molar-refractivity contribution in [1.82, 2.24) is 25.4 Å². The molecule has 3 aromatic rings. The number of rotatable bonds is 3. The lowest BCUT2D eigenvalue weighted by Crippen LogP contribution is -2.22. The van der Waals surface area contributed by atoms with Gasteiger partial charge in [-0.05, 0) is 41.6 Å². The molecule has 0 unspecified atom stereocenters. The van der Waals surface area contributed by atoms with Crippen molar-refractivity contribution in [3.8, 4) is 0 Å². The lowest BCUT2D eigenvalue weighted by molar-refractivity contribution is 0.0947. The maximum atomic E-state index is 12.0. The van der Waals surface area contributed by atoms with Gasteiger partial charge in [0.25, 0.3) is 5.91 Å². The van der Waals surface area contributed by atoms with Crippen molar-refractivity contribution in [1.29, 1.82) is 0 Å². The van der Waals surface area contributed by atoms with Gasteiger partial charge in [0.15, 0.2) is 5.65 Å². The Morgan fingerprint density at radius 1 is 1.37 bits per heavy atom. The molecule has 0 aliphatic carbocycles. The van der Waals surface area contributed by atoms with Gasteiger partial charge in [0.1, 0.15) is 11.5 Å². The highest BCUT2D eigenvalue weighted by Crippen LogP contribution is 2.07. The first-order valence-corrected chi connectivity index (χ1v) is 5.73. The average molecular weight is 257 g/mol. The van der Waals surface area contributed by atoms with Gasteiger partial charge in [0, 0.05) is 6.20 Å². The second-order valence-corrected chi connectivity index (χ2v) is 4.09. The van der Waals surface area contributed by atoms with Gasteiger partial charge in [0.2, 0.25) is 0 Å². The molecule has 1 amide bonds. The first kappa shape index (κ1) is 11.4. The summed E-state index contributed by atoms with van der Waals surface area (Å²) < 4.78 is 6.83. The van der Waals surface area contributed by atoms with Crippen LogP contribution in [0.25, 0.3) is 5.65 Å². The number of nitrogens with one attached hydrogen (secondary N) is 1. The van der Waals surface area contributed by atoms with E-state index in [1.165, 1.54) is 4.52 Å².